The van der Waals surface area contributed by atoms with E-state index in [-0.39, 0.29) is 6.10 Å². The maximum atomic E-state index is 6.16. The maximum absolute atomic E-state index is 6.16. The monoisotopic (exact) mass is 357 g/mol. The Bertz CT molecular complexity index is 705. The minimum atomic E-state index is 0.235. The van der Waals surface area contributed by atoms with Crippen molar-refractivity contribution in [2.24, 2.45) is 0 Å². The Kier molecular flexibility index (Phi) is 6.69. The molecule has 5 heteroatoms. The first-order chi connectivity index (χ1) is 12.7. The van der Waals surface area contributed by atoms with E-state index in [0.717, 1.165) is 50.7 Å². The smallest absolute Gasteiger partial charge is 0.212 e. The summed E-state index contributed by atoms with van der Waals surface area (Å²) in [5, 5.41) is 8.08. The topological polar surface area (TPSA) is 48.3 Å². The number of ether oxygens (including phenoxy) is 2. The number of aromatic nitrogens is 2. The van der Waals surface area contributed by atoms with Gasteiger partial charge in [-0.25, -0.2) is 4.68 Å². The molecule has 0 radical (unpaired) electrons. The quantitative estimate of drug-likeness (QED) is 0.781. The molecule has 0 bridgehead atoms. The Morgan fingerprint density at radius 2 is 2.15 bits per heavy atom. The van der Waals surface area contributed by atoms with Gasteiger partial charge in [0.25, 0.3) is 0 Å². The van der Waals surface area contributed by atoms with Crippen LogP contribution in [0.4, 0.5) is 0 Å². The Labute approximate surface area is 156 Å². The average molecular weight is 357 g/mol. The fraction of sp³-hybridized carbons (Fsp3) is 0.571. The van der Waals surface area contributed by atoms with Crippen molar-refractivity contribution in [2.45, 2.75) is 65.8 Å². The summed E-state index contributed by atoms with van der Waals surface area (Å²) in [5.41, 5.74) is 4.77. The molecule has 3 rings (SSSR count). The van der Waals surface area contributed by atoms with Crippen LogP contribution in [-0.2, 0) is 24.4 Å². The van der Waals surface area contributed by atoms with Gasteiger partial charge in [-0.3, -0.25) is 0 Å². The van der Waals surface area contributed by atoms with Gasteiger partial charge in [0, 0.05) is 19.2 Å². The third-order valence-corrected chi connectivity index (χ3v) is 4.87. The summed E-state index contributed by atoms with van der Waals surface area (Å²) in [4.78, 5) is 0. The molecule has 26 heavy (non-hydrogen) atoms. The van der Waals surface area contributed by atoms with E-state index >= 15 is 0 Å². The van der Waals surface area contributed by atoms with Gasteiger partial charge in [0.05, 0.1) is 18.3 Å². The first-order valence-corrected chi connectivity index (χ1v) is 9.73. The third-order valence-electron chi connectivity index (χ3n) is 4.87. The van der Waals surface area contributed by atoms with E-state index in [0.29, 0.717) is 6.61 Å². The van der Waals surface area contributed by atoms with Crippen molar-refractivity contribution in [2.75, 3.05) is 13.2 Å². The highest BCUT2D eigenvalue weighted by atomic mass is 16.5. The Balaban J connectivity index is 1.71. The summed E-state index contributed by atoms with van der Waals surface area (Å²) in [6, 6.07) is 8.53. The molecule has 1 N–H and O–H groups in total. The lowest BCUT2D eigenvalue weighted by molar-refractivity contribution is 0.00230. The van der Waals surface area contributed by atoms with E-state index in [1.807, 2.05) is 4.68 Å². The Hall–Kier alpha value is -1.85. The maximum Gasteiger partial charge on any atom is 0.212 e. The summed E-state index contributed by atoms with van der Waals surface area (Å²) >= 11 is 0. The molecule has 1 aromatic carbocycles. The van der Waals surface area contributed by atoms with E-state index in [4.69, 9.17) is 14.6 Å². The molecule has 1 unspecified atom stereocenters. The van der Waals surface area contributed by atoms with Crippen molar-refractivity contribution in [3.8, 4) is 5.88 Å². The van der Waals surface area contributed by atoms with Gasteiger partial charge in [-0.2, -0.15) is 5.10 Å². The number of benzene rings is 1. The van der Waals surface area contributed by atoms with Gasteiger partial charge in [-0.1, -0.05) is 30.7 Å². The molecule has 1 aliphatic heterocycles. The summed E-state index contributed by atoms with van der Waals surface area (Å²) in [7, 11) is 0. The molecular weight excluding hydrogens is 326 g/mol. The second kappa shape index (κ2) is 9.19. The van der Waals surface area contributed by atoms with Gasteiger partial charge >= 0.3 is 0 Å². The molecule has 1 aromatic heterocycles. The standard InChI is InChI=1S/C21H31N3O2/c1-4-22-13-19-12-21(24(23-19)14-20-7-5-6-10-25-20)26-15-18-9-8-16(2)11-17(18)3/h8-9,11-12,20,22H,4-7,10,13-15H2,1-3H3. The number of hydrogen-bond donors (Lipinski definition) is 1. The number of rotatable bonds is 8. The molecule has 1 fully saturated rings. The van der Waals surface area contributed by atoms with Gasteiger partial charge in [-0.15, -0.1) is 0 Å². The van der Waals surface area contributed by atoms with Crippen molar-refractivity contribution in [3.05, 3.63) is 46.6 Å². The van der Waals surface area contributed by atoms with Gasteiger partial charge in [0.15, 0.2) is 0 Å². The highest BCUT2D eigenvalue weighted by Crippen LogP contribution is 2.21. The summed E-state index contributed by atoms with van der Waals surface area (Å²) < 4.78 is 14.0. The van der Waals surface area contributed by atoms with Gasteiger partial charge < -0.3 is 14.8 Å². The molecular formula is C21H31N3O2. The van der Waals surface area contributed by atoms with Crippen molar-refractivity contribution in [3.63, 3.8) is 0 Å². The van der Waals surface area contributed by atoms with Crippen LogP contribution < -0.4 is 10.1 Å². The van der Waals surface area contributed by atoms with Crippen molar-refractivity contribution in [1.29, 1.82) is 0 Å². The van der Waals surface area contributed by atoms with Crippen LogP contribution in [0.15, 0.2) is 24.3 Å². The highest BCUT2D eigenvalue weighted by Gasteiger charge is 2.18. The van der Waals surface area contributed by atoms with Gasteiger partial charge in [-0.05, 0) is 50.8 Å². The zero-order chi connectivity index (χ0) is 18.4. The van der Waals surface area contributed by atoms with Crippen molar-refractivity contribution in [1.82, 2.24) is 15.1 Å². The number of hydrogen-bond acceptors (Lipinski definition) is 4. The second-order valence-electron chi connectivity index (χ2n) is 7.14. The number of aryl methyl sites for hydroxylation is 2. The predicted octanol–water partition coefficient (Wildman–Crippen LogP) is 3.76. The minimum absolute atomic E-state index is 0.235. The lowest BCUT2D eigenvalue weighted by Crippen LogP contribution is -2.25. The van der Waals surface area contributed by atoms with Crippen LogP contribution in [0.3, 0.4) is 0 Å². The van der Waals surface area contributed by atoms with E-state index in [1.54, 1.807) is 0 Å². The lowest BCUT2D eigenvalue weighted by atomic mass is 10.1. The molecule has 1 atom stereocenters. The number of nitrogens with zero attached hydrogens (tertiary/aromatic N) is 2. The molecule has 0 aliphatic carbocycles. The first-order valence-electron chi connectivity index (χ1n) is 9.73. The Morgan fingerprint density at radius 1 is 1.27 bits per heavy atom. The lowest BCUT2D eigenvalue weighted by Gasteiger charge is -2.23. The molecule has 2 heterocycles. The zero-order valence-corrected chi connectivity index (χ0v) is 16.3. The molecule has 0 spiro atoms. The molecule has 0 saturated carbocycles. The fourth-order valence-electron chi connectivity index (χ4n) is 3.34. The van der Waals surface area contributed by atoms with Crippen molar-refractivity contribution >= 4 is 0 Å². The highest BCUT2D eigenvalue weighted by molar-refractivity contribution is 5.30. The van der Waals surface area contributed by atoms with Crippen molar-refractivity contribution < 1.29 is 9.47 Å². The van der Waals surface area contributed by atoms with E-state index in [9.17, 15) is 0 Å². The third kappa shape index (κ3) is 5.08. The van der Waals surface area contributed by atoms with Crippen LogP contribution in [0.5, 0.6) is 5.88 Å². The molecule has 5 nitrogen and oxygen atoms in total. The van der Waals surface area contributed by atoms with Crippen LogP contribution >= 0.6 is 0 Å². The van der Waals surface area contributed by atoms with E-state index in [1.165, 1.54) is 23.1 Å². The van der Waals surface area contributed by atoms with Gasteiger partial charge in [0.1, 0.15) is 6.61 Å². The summed E-state index contributed by atoms with van der Waals surface area (Å²) in [5.74, 6) is 0.826. The minimum Gasteiger partial charge on any atom is -0.473 e. The van der Waals surface area contributed by atoms with Crippen LogP contribution in [0, 0.1) is 13.8 Å². The summed E-state index contributed by atoms with van der Waals surface area (Å²) in [6.07, 6.45) is 3.73. The molecule has 0 amide bonds. The van der Waals surface area contributed by atoms with E-state index in [2.05, 4.69) is 50.4 Å². The SMILES string of the molecule is CCNCc1cc(OCc2ccc(C)cc2C)n(CC2CCCCO2)n1. The van der Waals surface area contributed by atoms with E-state index < -0.39 is 0 Å². The Morgan fingerprint density at radius 3 is 2.88 bits per heavy atom. The van der Waals surface area contributed by atoms with Crippen LogP contribution in [0.25, 0.3) is 0 Å². The number of nitrogens with one attached hydrogen (secondary N) is 1. The summed E-state index contributed by atoms with van der Waals surface area (Å²) in [6.45, 7) is 10.2. The average Bonchev–Trinajstić information content (AvgIpc) is 3.02. The zero-order valence-electron chi connectivity index (χ0n) is 16.3. The van der Waals surface area contributed by atoms with Crippen LogP contribution in [0.2, 0.25) is 0 Å². The predicted molar refractivity (Wildman–Crippen MR) is 103 cm³/mol. The van der Waals surface area contributed by atoms with Crippen LogP contribution in [0.1, 0.15) is 48.6 Å². The molecule has 142 valence electrons. The first kappa shape index (κ1) is 18.9. The van der Waals surface area contributed by atoms with Gasteiger partial charge in [0.2, 0.25) is 5.88 Å². The molecule has 1 saturated heterocycles. The molecule has 2 aromatic rings. The fourth-order valence-corrected chi connectivity index (χ4v) is 3.34. The normalized spacial score (nSPS) is 17.4. The second-order valence-corrected chi connectivity index (χ2v) is 7.14. The largest absolute Gasteiger partial charge is 0.473 e. The molecule has 1 aliphatic rings. The van der Waals surface area contributed by atoms with Crippen LogP contribution in [-0.4, -0.2) is 29.0 Å².